The molecule has 122 valence electrons. The second-order valence-electron chi connectivity index (χ2n) is 4.33. The number of nitrogens with zero attached hydrogens (tertiary/aromatic N) is 3. The lowest BCUT2D eigenvalue weighted by Crippen LogP contribution is -1.92. The maximum absolute atomic E-state index is 13.6. The quantitative estimate of drug-likeness (QED) is 0.385. The predicted molar refractivity (Wildman–Crippen MR) is 89.8 cm³/mol. The van der Waals surface area contributed by atoms with E-state index in [1.165, 1.54) is 41.3 Å². The molecule has 0 radical (unpaired) electrons. The summed E-state index contributed by atoms with van der Waals surface area (Å²) in [6.45, 7) is 0. The van der Waals surface area contributed by atoms with Crippen LogP contribution in [-0.4, -0.2) is 15.1 Å². The van der Waals surface area contributed by atoms with Crippen LogP contribution in [-0.2, 0) is 0 Å². The molecule has 7 nitrogen and oxygen atoms in total. The van der Waals surface area contributed by atoms with E-state index in [2.05, 4.69) is 15.5 Å². The number of halogens is 1. The lowest BCUT2D eigenvalue weighted by atomic mass is 10.3. The highest BCUT2D eigenvalue weighted by atomic mass is 32.2. The van der Waals surface area contributed by atoms with Gasteiger partial charge in [0.2, 0.25) is 5.13 Å². The first-order valence-corrected chi connectivity index (χ1v) is 8.24. The number of furan rings is 1. The number of para-hydroxylation sites is 1. The van der Waals surface area contributed by atoms with Crippen molar-refractivity contribution >= 4 is 45.9 Å². The average molecular weight is 364 g/mol. The standard InChI is InChI=1S/C14H9FN4O3S2/c15-10-3-1-2-4-11(10)16-13-17-18-14(24-13)23-8-7-9-5-6-12(22-9)19(20)21/h1-8H,(H,16,17)/b8-7+. The summed E-state index contributed by atoms with van der Waals surface area (Å²) >= 11 is 2.52. The molecule has 24 heavy (non-hydrogen) atoms. The molecule has 3 aromatic rings. The van der Waals surface area contributed by atoms with Crippen LogP contribution in [0.15, 0.2) is 50.6 Å². The molecule has 0 amide bonds. The van der Waals surface area contributed by atoms with E-state index in [1.807, 2.05) is 0 Å². The van der Waals surface area contributed by atoms with E-state index >= 15 is 0 Å². The third-order valence-electron chi connectivity index (χ3n) is 2.72. The zero-order valence-corrected chi connectivity index (χ0v) is 13.5. The van der Waals surface area contributed by atoms with Crippen molar-refractivity contribution in [2.45, 2.75) is 4.34 Å². The van der Waals surface area contributed by atoms with Crippen LogP contribution in [0, 0.1) is 15.9 Å². The van der Waals surface area contributed by atoms with Crippen LogP contribution >= 0.6 is 23.1 Å². The van der Waals surface area contributed by atoms with E-state index < -0.39 is 4.92 Å². The third kappa shape index (κ3) is 3.97. The fraction of sp³-hybridized carbons (Fsp3) is 0. The Labute approximate surface area is 143 Å². The Kier molecular flexibility index (Phi) is 4.87. The summed E-state index contributed by atoms with van der Waals surface area (Å²) < 4.78 is 19.2. The molecule has 0 bridgehead atoms. The minimum absolute atomic E-state index is 0.313. The lowest BCUT2D eigenvalue weighted by Gasteiger charge is -2.01. The molecule has 0 aliphatic carbocycles. The van der Waals surface area contributed by atoms with E-state index in [0.29, 0.717) is 20.9 Å². The summed E-state index contributed by atoms with van der Waals surface area (Å²) in [4.78, 5) is 9.92. The third-order valence-corrected chi connectivity index (χ3v) is 4.44. The normalized spacial score (nSPS) is 11.0. The zero-order chi connectivity index (χ0) is 16.9. The zero-order valence-electron chi connectivity index (χ0n) is 11.9. The number of hydrogen-bond acceptors (Lipinski definition) is 8. The number of nitro groups is 1. The second-order valence-corrected chi connectivity index (χ2v) is 6.46. The fourth-order valence-electron chi connectivity index (χ4n) is 1.67. The molecule has 2 heterocycles. The van der Waals surface area contributed by atoms with Crippen LogP contribution in [0.1, 0.15) is 5.76 Å². The molecule has 1 aromatic carbocycles. The number of anilines is 2. The van der Waals surface area contributed by atoms with Gasteiger partial charge in [0.1, 0.15) is 16.5 Å². The van der Waals surface area contributed by atoms with Crippen molar-refractivity contribution in [2.75, 3.05) is 5.32 Å². The summed E-state index contributed by atoms with van der Waals surface area (Å²) in [5.74, 6) is -0.323. The van der Waals surface area contributed by atoms with Crippen molar-refractivity contribution < 1.29 is 13.7 Å². The van der Waals surface area contributed by atoms with Crippen molar-refractivity contribution in [1.82, 2.24) is 10.2 Å². The molecule has 1 N–H and O–H groups in total. The van der Waals surface area contributed by atoms with Gasteiger partial charge in [0, 0.05) is 0 Å². The molecule has 0 atom stereocenters. The minimum Gasteiger partial charge on any atom is -0.401 e. The number of aromatic nitrogens is 2. The number of hydrogen-bond donors (Lipinski definition) is 1. The highest BCUT2D eigenvalue weighted by molar-refractivity contribution is 8.03. The molecule has 0 aliphatic rings. The van der Waals surface area contributed by atoms with E-state index in [9.17, 15) is 14.5 Å². The summed E-state index contributed by atoms with van der Waals surface area (Å²) in [6, 6.07) is 9.06. The van der Waals surface area contributed by atoms with Gasteiger partial charge >= 0.3 is 5.88 Å². The van der Waals surface area contributed by atoms with Crippen molar-refractivity contribution in [3.63, 3.8) is 0 Å². The first-order chi connectivity index (χ1) is 11.6. The highest BCUT2D eigenvalue weighted by Gasteiger charge is 2.10. The van der Waals surface area contributed by atoms with E-state index in [4.69, 9.17) is 4.42 Å². The van der Waals surface area contributed by atoms with Gasteiger partial charge in [-0.25, -0.2) is 4.39 Å². The number of thioether (sulfide) groups is 1. The van der Waals surface area contributed by atoms with Crippen molar-refractivity contribution in [3.05, 3.63) is 63.5 Å². The van der Waals surface area contributed by atoms with Gasteiger partial charge in [0.05, 0.1) is 11.8 Å². The van der Waals surface area contributed by atoms with Gasteiger partial charge in [-0.05, 0) is 29.7 Å². The van der Waals surface area contributed by atoms with Gasteiger partial charge in [0.25, 0.3) is 0 Å². The van der Waals surface area contributed by atoms with Crippen molar-refractivity contribution in [1.29, 1.82) is 0 Å². The smallest absolute Gasteiger partial charge is 0.401 e. The largest absolute Gasteiger partial charge is 0.433 e. The Morgan fingerprint density at radius 2 is 2.12 bits per heavy atom. The Morgan fingerprint density at radius 1 is 1.29 bits per heavy atom. The topological polar surface area (TPSA) is 94.1 Å². The Hall–Kier alpha value is -2.72. The molecule has 0 saturated heterocycles. The first-order valence-electron chi connectivity index (χ1n) is 6.54. The van der Waals surface area contributed by atoms with E-state index in [1.54, 1.807) is 29.7 Å². The Bertz CT molecular complexity index is 894. The van der Waals surface area contributed by atoms with Crippen LogP contribution in [0.3, 0.4) is 0 Å². The van der Waals surface area contributed by atoms with Crippen LogP contribution in [0.5, 0.6) is 0 Å². The number of nitrogens with one attached hydrogen (secondary N) is 1. The average Bonchev–Trinajstić information content (AvgIpc) is 3.19. The molecular weight excluding hydrogens is 355 g/mol. The van der Waals surface area contributed by atoms with Crippen molar-refractivity contribution in [2.24, 2.45) is 0 Å². The van der Waals surface area contributed by atoms with Gasteiger partial charge in [0.15, 0.2) is 4.34 Å². The highest BCUT2D eigenvalue weighted by Crippen LogP contribution is 2.29. The summed E-state index contributed by atoms with van der Waals surface area (Å²) in [6.07, 6.45) is 1.59. The Morgan fingerprint density at radius 3 is 2.88 bits per heavy atom. The Balaban J connectivity index is 1.60. The first kappa shape index (κ1) is 16.1. The summed E-state index contributed by atoms with van der Waals surface area (Å²) in [5.41, 5.74) is 0.323. The minimum atomic E-state index is -0.601. The van der Waals surface area contributed by atoms with Gasteiger partial charge in [-0.3, -0.25) is 10.1 Å². The molecule has 3 rings (SSSR count). The number of rotatable bonds is 6. The SMILES string of the molecule is O=[N+]([O-])c1ccc(/C=C/Sc2nnc(Nc3ccccc3F)s2)o1. The van der Waals surface area contributed by atoms with E-state index in [0.717, 1.165) is 0 Å². The van der Waals surface area contributed by atoms with Gasteiger partial charge in [-0.2, -0.15) is 0 Å². The molecule has 0 fully saturated rings. The molecule has 0 spiro atoms. The van der Waals surface area contributed by atoms with Gasteiger partial charge < -0.3 is 9.73 Å². The molecule has 2 aromatic heterocycles. The van der Waals surface area contributed by atoms with Crippen LogP contribution in [0.4, 0.5) is 21.1 Å². The maximum Gasteiger partial charge on any atom is 0.433 e. The van der Waals surface area contributed by atoms with Crippen LogP contribution < -0.4 is 5.32 Å². The molecule has 0 aliphatic heterocycles. The molecule has 10 heteroatoms. The lowest BCUT2D eigenvalue weighted by molar-refractivity contribution is -0.402. The van der Waals surface area contributed by atoms with Gasteiger partial charge in [-0.1, -0.05) is 35.2 Å². The maximum atomic E-state index is 13.6. The van der Waals surface area contributed by atoms with Crippen LogP contribution in [0.25, 0.3) is 6.08 Å². The summed E-state index contributed by atoms with van der Waals surface area (Å²) in [7, 11) is 0. The molecule has 0 unspecified atom stereocenters. The molecule has 0 saturated carbocycles. The van der Waals surface area contributed by atoms with E-state index in [-0.39, 0.29) is 11.7 Å². The van der Waals surface area contributed by atoms with Crippen LogP contribution in [0.2, 0.25) is 0 Å². The number of benzene rings is 1. The summed E-state index contributed by atoms with van der Waals surface area (Å²) in [5, 5.41) is 23.4. The van der Waals surface area contributed by atoms with Gasteiger partial charge in [-0.15, -0.1) is 10.2 Å². The monoisotopic (exact) mass is 364 g/mol. The molecular formula is C14H9FN4O3S2. The second kappa shape index (κ2) is 7.23. The predicted octanol–water partition coefficient (Wildman–Crippen LogP) is 4.69. The van der Waals surface area contributed by atoms with Crippen molar-refractivity contribution in [3.8, 4) is 0 Å². The fourth-order valence-corrected chi connectivity index (χ4v) is 3.17.